The van der Waals surface area contributed by atoms with Gasteiger partial charge in [0.2, 0.25) is 0 Å². The second-order valence-corrected chi connectivity index (χ2v) is 6.53. The normalized spacial score (nSPS) is 10.7. The lowest BCUT2D eigenvalue weighted by Gasteiger charge is -2.13. The highest BCUT2D eigenvalue weighted by atomic mass is 79.9. The van der Waals surface area contributed by atoms with E-state index in [1.807, 2.05) is 6.07 Å². The summed E-state index contributed by atoms with van der Waals surface area (Å²) in [5, 5.41) is 12.9. The van der Waals surface area contributed by atoms with Crippen LogP contribution < -0.4 is 4.74 Å². The molecular formula is C17H15BrClF2N3O3. The van der Waals surface area contributed by atoms with Crippen molar-refractivity contribution in [3.05, 3.63) is 33.4 Å². The number of benzene rings is 1. The molecule has 2 aromatic rings. The Hall–Kier alpha value is -2.18. The van der Waals surface area contributed by atoms with Crippen molar-refractivity contribution in [3.63, 3.8) is 0 Å². The van der Waals surface area contributed by atoms with Crippen LogP contribution in [0.5, 0.6) is 5.75 Å². The molecule has 0 aliphatic heterocycles. The maximum Gasteiger partial charge on any atom is 0.387 e. The molecule has 1 aromatic heterocycles. The van der Waals surface area contributed by atoms with E-state index in [2.05, 4.69) is 25.8 Å². The summed E-state index contributed by atoms with van der Waals surface area (Å²) >= 11 is 9.56. The van der Waals surface area contributed by atoms with Gasteiger partial charge in [0.05, 0.1) is 18.4 Å². The van der Waals surface area contributed by atoms with E-state index < -0.39 is 12.6 Å². The Morgan fingerprint density at radius 3 is 2.85 bits per heavy atom. The third-order valence-electron chi connectivity index (χ3n) is 3.44. The summed E-state index contributed by atoms with van der Waals surface area (Å²) in [6.45, 7) is -1.02. The average molecular weight is 463 g/mol. The van der Waals surface area contributed by atoms with Crippen LogP contribution in [0.1, 0.15) is 30.3 Å². The van der Waals surface area contributed by atoms with Crippen LogP contribution in [-0.2, 0) is 11.3 Å². The van der Waals surface area contributed by atoms with E-state index in [4.69, 9.17) is 21.6 Å². The highest BCUT2D eigenvalue weighted by Gasteiger charge is 2.26. The van der Waals surface area contributed by atoms with Crippen molar-refractivity contribution in [2.75, 3.05) is 6.61 Å². The second-order valence-electron chi connectivity index (χ2n) is 5.24. The molecule has 10 heteroatoms. The molecule has 0 aliphatic rings. The summed E-state index contributed by atoms with van der Waals surface area (Å²) < 4.78 is 37.1. The predicted octanol–water partition coefficient (Wildman–Crippen LogP) is 5.05. The fourth-order valence-electron chi connectivity index (χ4n) is 2.38. The zero-order valence-electron chi connectivity index (χ0n) is 14.2. The Balaban J connectivity index is 2.60. The molecule has 2 rings (SSSR count). The number of halogens is 4. The van der Waals surface area contributed by atoms with Crippen LogP contribution in [0, 0.1) is 11.3 Å². The Bertz CT molecular complexity index is 868. The van der Waals surface area contributed by atoms with Crippen LogP contribution in [0.15, 0.2) is 22.7 Å². The monoisotopic (exact) mass is 461 g/mol. The van der Waals surface area contributed by atoms with Gasteiger partial charge in [-0.3, -0.25) is 4.68 Å². The number of nitrogens with zero attached hydrogens (tertiary/aromatic N) is 3. The van der Waals surface area contributed by atoms with Crippen molar-refractivity contribution >= 4 is 33.5 Å². The molecule has 0 amide bonds. The van der Waals surface area contributed by atoms with Crippen LogP contribution in [0.25, 0.3) is 11.3 Å². The van der Waals surface area contributed by atoms with Gasteiger partial charge in [0.1, 0.15) is 10.8 Å². The zero-order valence-corrected chi connectivity index (χ0v) is 16.6. The number of hydrogen-bond donors (Lipinski definition) is 0. The number of carbonyl (C=O) groups excluding carboxylic acids is 1. The highest BCUT2D eigenvalue weighted by molar-refractivity contribution is 9.10. The highest BCUT2D eigenvalue weighted by Crippen LogP contribution is 2.39. The first-order valence-electron chi connectivity index (χ1n) is 7.94. The lowest BCUT2D eigenvalue weighted by molar-refractivity contribution is -0.0495. The van der Waals surface area contributed by atoms with Gasteiger partial charge in [-0.25, -0.2) is 4.79 Å². The topological polar surface area (TPSA) is 77.1 Å². The Morgan fingerprint density at radius 1 is 1.48 bits per heavy atom. The number of alkyl halides is 2. The summed E-state index contributed by atoms with van der Waals surface area (Å²) in [5.41, 5.74) is 0.348. The maximum atomic E-state index is 12.8. The summed E-state index contributed by atoms with van der Waals surface area (Å²) in [4.78, 5) is 12.1. The maximum absolute atomic E-state index is 12.8. The fourth-order valence-corrected chi connectivity index (χ4v) is 3.04. The van der Waals surface area contributed by atoms with Crippen molar-refractivity contribution in [1.82, 2.24) is 9.78 Å². The van der Waals surface area contributed by atoms with Crippen LogP contribution in [0.4, 0.5) is 8.78 Å². The van der Waals surface area contributed by atoms with Crippen LogP contribution in [0.3, 0.4) is 0 Å². The molecule has 144 valence electrons. The van der Waals surface area contributed by atoms with Crippen molar-refractivity contribution in [2.45, 2.75) is 32.9 Å². The van der Waals surface area contributed by atoms with E-state index in [0.717, 1.165) is 0 Å². The van der Waals surface area contributed by atoms with Gasteiger partial charge >= 0.3 is 12.6 Å². The first-order chi connectivity index (χ1) is 12.9. The van der Waals surface area contributed by atoms with Gasteiger partial charge in [-0.2, -0.15) is 19.1 Å². The molecule has 0 unspecified atom stereocenters. The minimum Gasteiger partial charge on any atom is -0.461 e. The summed E-state index contributed by atoms with van der Waals surface area (Å²) in [6.07, 6.45) is 0.692. The number of esters is 1. The SMILES string of the molecule is CCOC(=O)c1nn(CCCC#N)c(-c2ccc(Br)cc2OC(F)F)c1Cl. The number of aryl methyl sites for hydroxylation is 1. The quantitative estimate of drug-likeness (QED) is 0.405. The van der Waals surface area contributed by atoms with E-state index in [0.29, 0.717) is 10.9 Å². The van der Waals surface area contributed by atoms with Gasteiger partial charge in [-0.05, 0) is 31.5 Å². The van der Waals surface area contributed by atoms with Gasteiger partial charge in [-0.15, -0.1) is 0 Å². The van der Waals surface area contributed by atoms with E-state index >= 15 is 0 Å². The lowest BCUT2D eigenvalue weighted by atomic mass is 10.1. The molecular weight excluding hydrogens is 448 g/mol. The van der Waals surface area contributed by atoms with Crippen molar-refractivity contribution in [3.8, 4) is 23.1 Å². The Morgan fingerprint density at radius 2 is 2.22 bits per heavy atom. The number of rotatable bonds is 8. The van der Waals surface area contributed by atoms with Gasteiger partial charge in [-0.1, -0.05) is 27.5 Å². The van der Waals surface area contributed by atoms with Crippen LogP contribution >= 0.6 is 27.5 Å². The molecule has 1 aromatic carbocycles. The molecule has 0 N–H and O–H groups in total. The molecule has 0 saturated carbocycles. The number of ether oxygens (including phenoxy) is 2. The van der Waals surface area contributed by atoms with E-state index in [1.54, 1.807) is 13.0 Å². The third-order valence-corrected chi connectivity index (χ3v) is 4.29. The van der Waals surface area contributed by atoms with Gasteiger partial charge in [0.15, 0.2) is 5.69 Å². The van der Waals surface area contributed by atoms with Crippen LogP contribution in [0.2, 0.25) is 5.02 Å². The van der Waals surface area contributed by atoms with Crippen molar-refractivity contribution in [2.24, 2.45) is 0 Å². The number of hydrogen-bond acceptors (Lipinski definition) is 5. The smallest absolute Gasteiger partial charge is 0.387 e. The molecule has 0 spiro atoms. The molecule has 0 bridgehead atoms. The number of nitriles is 1. The number of carbonyl (C=O) groups is 1. The zero-order chi connectivity index (χ0) is 20.0. The minimum atomic E-state index is -3.05. The fraction of sp³-hybridized carbons (Fsp3) is 0.353. The molecule has 27 heavy (non-hydrogen) atoms. The summed E-state index contributed by atoms with van der Waals surface area (Å²) in [5.74, 6) is -0.852. The van der Waals surface area contributed by atoms with E-state index in [1.165, 1.54) is 16.8 Å². The number of unbranched alkanes of at least 4 members (excludes halogenated alkanes) is 1. The average Bonchev–Trinajstić information content (AvgIpc) is 2.92. The van der Waals surface area contributed by atoms with Crippen molar-refractivity contribution < 1.29 is 23.0 Å². The van der Waals surface area contributed by atoms with Crippen molar-refractivity contribution in [1.29, 1.82) is 5.26 Å². The molecule has 0 atom stereocenters. The van der Waals surface area contributed by atoms with Gasteiger partial charge in [0, 0.05) is 23.0 Å². The lowest BCUT2D eigenvalue weighted by Crippen LogP contribution is -2.08. The van der Waals surface area contributed by atoms with E-state index in [-0.39, 0.29) is 47.3 Å². The van der Waals surface area contributed by atoms with E-state index in [9.17, 15) is 13.6 Å². The third kappa shape index (κ3) is 5.17. The minimum absolute atomic E-state index is 0.0353. The number of aromatic nitrogens is 2. The van der Waals surface area contributed by atoms with Crippen LogP contribution in [-0.4, -0.2) is 29.0 Å². The largest absolute Gasteiger partial charge is 0.461 e. The Kier molecular flexibility index (Phi) is 7.56. The second kappa shape index (κ2) is 9.67. The summed E-state index contributed by atoms with van der Waals surface area (Å²) in [6, 6.07) is 6.53. The Labute approximate surface area is 167 Å². The molecule has 0 aliphatic carbocycles. The molecule has 0 saturated heterocycles. The standard InChI is InChI=1S/C17H15BrClF2N3O3/c1-2-26-16(25)14-13(19)15(24(23-14)8-4-3-7-22)11-6-5-10(18)9-12(11)27-17(20)21/h5-6,9,17H,2-4,8H2,1H3. The predicted molar refractivity (Wildman–Crippen MR) is 97.8 cm³/mol. The van der Waals surface area contributed by atoms with Gasteiger partial charge in [0.25, 0.3) is 0 Å². The molecule has 0 fully saturated rings. The molecule has 6 nitrogen and oxygen atoms in total. The first-order valence-corrected chi connectivity index (χ1v) is 9.11. The first kappa shape index (κ1) is 21.1. The molecule has 1 heterocycles. The molecule has 0 radical (unpaired) electrons. The van der Waals surface area contributed by atoms with Gasteiger partial charge < -0.3 is 9.47 Å². The summed E-state index contributed by atoms with van der Waals surface area (Å²) in [7, 11) is 0.